The summed E-state index contributed by atoms with van der Waals surface area (Å²) in [7, 11) is 0. The summed E-state index contributed by atoms with van der Waals surface area (Å²) in [6.07, 6.45) is 4.13. The highest BCUT2D eigenvalue weighted by molar-refractivity contribution is 6.04. The molecule has 1 aliphatic rings. The molecule has 0 atom stereocenters. The van der Waals surface area contributed by atoms with Crippen LogP contribution in [0.15, 0.2) is 73.1 Å². The van der Waals surface area contributed by atoms with Gasteiger partial charge < -0.3 is 15.5 Å². The number of piperazine rings is 1. The second-order valence-corrected chi connectivity index (χ2v) is 9.56. The van der Waals surface area contributed by atoms with Gasteiger partial charge in [0, 0.05) is 61.2 Å². The second kappa shape index (κ2) is 12.2. The van der Waals surface area contributed by atoms with Crippen LogP contribution >= 0.6 is 0 Å². The molecule has 0 radical (unpaired) electrons. The van der Waals surface area contributed by atoms with Gasteiger partial charge in [0.15, 0.2) is 0 Å². The van der Waals surface area contributed by atoms with Gasteiger partial charge in [0.1, 0.15) is 0 Å². The highest BCUT2D eigenvalue weighted by atomic mass is 19.4. The summed E-state index contributed by atoms with van der Waals surface area (Å²) in [5.41, 5.74) is 3.51. The van der Waals surface area contributed by atoms with Crippen molar-refractivity contribution in [1.29, 1.82) is 0 Å². The molecule has 2 aromatic carbocycles. The Balaban J connectivity index is 1.22. The highest BCUT2D eigenvalue weighted by Gasteiger charge is 2.35. The number of carbonyl (C=O) groups is 1. The van der Waals surface area contributed by atoms with E-state index in [-0.39, 0.29) is 11.4 Å². The zero-order valence-corrected chi connectivity index (χ0v) is 21.7. The predicted octanol–water partition coefficient (Wildman–Crippen LogP) is 5.44. The molecule has 7 nitrogen and oxygen atoms in total. The zero-order chi connectivity index (χ0) is 28.0. The molecule has 3 heterocycles. The number of aromatic amines is 1. The molecule has 5 rings (SSSR count). The van der Waals surface area contributed by atoms with Crippen molar-refractivity contribution in [2.75, 3.05) is 36.4 Å². The summed E-state index contributed by atoms with van der Waals surface area (Å²) in [4.78, 5) is 18.7. The van der Waals surface area contributed by atoms with Crippen molar-refractivity contribution < 1.29 is 18.0 Å². The van der Waals surface area contributed by atoms with Crippen LogP contribution in [0.1, 0.15) is 38.4 Å². The van der Waals surface area contributed by atoms with Gasteiger partial charge in [0.2, 0.25) is 0 Å². The van der Waals surface area contributed by atoms with E-state index in [9.17, 15) is 18.0 Å². The third-order valence-corrected chi connectivity index (χ3v) is 6.67. The Kier molecular flexibility index (Phi) is 8.26. The lowest BCUT2D eigenvalue weighted by Crippen LogP contribution is -2.44. The van der Waals surface area contributed by atoms with Crippen molar-refractivity contribution in [3.8, 4) is 0 Å². The zero-order valence-electron chi connectivity index (χ0n) is 21.7. The first-order valence-electron chi connectivity index (χ1n) is 13.0. The van der Waals surface area contributed by atoms with Crippen molar-refractivity contribution in [1.82, 2.24) is 20.5 Å². The number of pyridine rings is 1. The number of H-pyrrole nitrogens is 1. The largest absolute Gasteiger partial charge is 0.418 e. The molecule has 1 amide bonds. The molecule has 2 aromatic heterocycles. The molecule has 1 saturated heterocycles. The van der Waals surface area contributed by atoms with E-state index in [1.807, 2.05) is 36.4 Å². The Hall–Kier alpha value is -4.44. The number of benzene rings is 2. The first-order chi connectivity index (χ1) is 19.3. The Morgan fingerprint density at radius 3 is 2.62 bits per heavy atom. The number of nitrogens with zero attached hydrogens (tertiary/aromatic N) is 3. The summed E-state index contributed by atoms with van der Waals surface area (Å²) in [6, 6.07) is 16.9. The van der Waals surface area contributed by atoms with Crippen LogP contribution in [0.3, 0.4) is 0 Å². The lowest BCUT2D eigenvalue weighted by molar-refractivity contribution is -0.137. The van der Waals surface area contributed by atoms with Crippen LogP contribution in [0.2, 0.25) is 0 Å². The van der Waals surface area contributed by atoms with E-state index in [0.29, 0.717) is 44.6 Å². The maximum Gasteiger partial charge on any atom is 0.418 e. The molecule has 40 heavy (non-hydrogen) atoms. The highest BCUT2D eigenvalue weighted by Crippen LogP contribution is 2.38. The Morgan fingerprint density at radius 2 is 1.85 bits per heavy atom. The number of carbonyl (C=O) groups excluding carboxylic acids is 1. The number of amides is 1. The number of hydrogen-bond donors (Lipinski definition) is 3. The van der Waals surface area contributed by atoms with Crippen molar-refractivity contribution in [2.24, 2.45) is 0 Å². The predicted molar refractivity (Wildman–Crippen MR) is 150 cm³/mol. The van der Waals surface area contributed by atoms with Crippen LogP contribution in [0.5, 0.6) is 0 Å². The van der Waals surface area contributed by atoms with E-state index in [0.717, 1.165) is 28.6 Å². The smallest absolute Gasteiger partial charge is 0.368 e. The summed E-state index contributed by atoms with van der Waals surface area (Å²) in [6.45, 7) is 2.22. The minimum absolute atomic E-state index is 0.103. The van der Waals surface area contributed by atoms with Crippen LogP contribution in [0.25, 0.3) is 12.2 Å². The maximum atomic E-state index is 13.9. The number of alkyl halides is 3. The summed E-state index contributed by atoms with van der Waals surface area (Å²) in [5.74, 6) is -0.464. The van der Waals surface area contributed by atoms with Gasteiger partial charge in [0.05, 0.1) is 11.3 Å². The molecular formula is C30H29F3N6O. The number of rotatable bonds is 8. The fraction of sp³-hybridized carbons (Fsp3) is 0.233. The molecular weight excluding hydrogens is 517 g/mol. The Morgan fingerprint density at radius 1 is 1.00 bits per heavy atom. The third kappa shape index (κ3) is 6.95. The molecule has 10 heteroatoms. The number of hydrogen-bond acceptors (Lipinski definition) is 5. The minimum Gasteiger partial charge on any atom is -0.368 e. The van der Waals surface area contributed by atoms with Crippen molar-refractivity contribution >= 4 is 29.4 Å². The van der Waals surface area contributed by atoms with Crippen LogP contribution in [-0.4, -0.2) is 47.3 Å². The number of aromatic nitrogens is 3. The van der Waals surface area contributed by atoms with Crippen molar-refractivity contribution in [3.63, 3.8) is 0 Å². The number of nitrogens with one attached hydrogen (secondary N) is 3. The quantitative estimate of drug-likeness (QED) is 0.274. The van der Waals surface area contributed by atoms with Gasteiger partial charge >= 0.3 is 6.18 Å². The maximum absolute atomic E-state index is 13.9. The molecule has 4 aromatic rings. The van der Waals surface area contributed by atoms with Gasteiger partial charge in [-0.05, 0) is 72.5 Å². The van der Waals surface area contributed by atoms with Crippen molar-refractivity contribution in [2.45, 2.75) is 19.0 Å². The minimum atomic E-state index is -4.54. The monoisotopic (exact) mass is 546 g/mol. The van der Waals surface area contributed by atoms with E-state index < -0.39 is 17.6 Å². The lowest BCUT2D eigenvalue weighted by atomic mass is 10.0. The molecule has 0 spiro atoms. The SMILES string of the molecule is O=C(Nc1ccc(N2CCNCC2)c(C(F)(F)F)c1)c1cccc(CCc2cc(/C=C/c3cccnc3)n[nH]2)c1. The molecule has 0 bridgehead atoms. The lowest BCUT2D eigenvalue weighted by Gasteiger charge is -2.31. The first kappa shape index (κ1) is 27.1. The average molecular weight is 547 g/mol. The number of aryl methyl sites for hydroxylation is 2. The van der Waals surface area contributed by atoms with Crippen LogP contribution in [-0.2, 0) is 19.0 Å². The van der Waals surface area contributed by atoms with Gasteiger partial charge in [-0.25, -0.2) is 0 Å². The molecule has 1 fully saturated rings. The van der Waals surface area contributed by atoms with E-state index in [4.69, 9.17) is 0 Å². The van der Waals surface area contributed by atoms with E-state index in [1.54, 1.807) is 35.5 Å². The number of anilines is 2. The normalized spacial score (nSPS) is 14.0. The van der Waals surface area contributed by atoms with E-state index in [1.165, 1.54) is 12.1 Å². The topological polar surface area (TPSA) is 85.9 Å². The fourth-order valence-corrected chi connectivity index (χ4v) is 4.62. The van der Waals surface area contributed by atoms with Crippen LogP contribution in [0, 0.1) is 0 Å². The van der Waals surface area contributed by atoms with Gasteiger partial charge in [-0.3, -0.25) is 14.9 Å². The van der Waals surface area contributed by atoms with E-state index in [2.05, 4.69) is 25.8 Å². The van der Waals surface area contributed by atoms with Crippen LogP contribution < -0.4 is 15.5 Å². The van der Waals surface area contributed by atoms with E-state index >= 15 is 0 Å². The number of halogens is 3. The Bertz CT molecular complexity index is 1480. The summed E-state index contributed by atoms with van der Waals surface area (Å²) in [5, 5.41) is 13.1. The fourth-order valence-electron chi connectivity index (χ4n) is 4.62. The Labute approximate surface area is 230 Å². The van der Waals surface area contributed by atoms with Gasteiger partial charge in [-0.1, -0.05) is 24.3 Å². The average Bonchev–Trinajstić information content (AvgIpc) is 3.43. The molecule has 0 unspecified atom stereocenters. The molecule has 1 aliphatic heterocycles. The second-order valence-electron chi connectivity index (χ2n) is 9.56. The third-order valence-electron chi connectivity index (χ3n) is 6.67. The van der Waals surface area contributed by atoms with Crippen LogP contribution in [0.4, 0.5) is 24.5 Å². The van der Waals surface area contributed by atoms with Crippen molar-refractivity contribution in [3.05, 3.63) is 107 Å². The van der Waals surface area contributed by atoms with Gasteiger partial charge in [0.25, 0.3) is 5.91 Å². The molecule has 0 saturated carbocycles. The first-order valence-corrected chi connectivity index (χ1v) is 13.0. The van der Waals surface area contributed by atoms with Gasteiger partial charge in [-0.15, -0.1) is 0 Å². The summed E-state index contributed by atoms with van der Waals surface area (Å²) < 4.78 is 41.6. The molecule has 206 valence electrons. The van der Waals surface area contributed by atoms with Gasteiger partial charge in [-0.2, -0.15) is 18.3 Å². The molecule has 0 aliphatic carbocycles. The standard InChI is InChI=1S/C30H29F3N6O/c31-30(32,33)27-19-24(10-11-28(27)39-15-13-34-14-16-39)36-29(40)23-5-1-3-21(17-23)6-8-25-18-26(38-37-25)9-7-22-4-2-12-35-20-22/h1-5,7,9-12,17-20,34H,6,8,13-16H2,(H,36,40)(H,37,38)/b9-7+. The summed E-state index contributed by atoms with van der Waals surface area (Å²) >= 11 is 0. The molecule has 3 N–H and O–H groups in total.